The Hall–Kier alpha value is -1.35. The Bertz CT molecular complexity index is 404. The Morgan fingerprint density at radius 1 is 1.42 bits per heavy atom. The molecule has 19 heavy (non-hydrogen) atoms. The molecule has 2 N–H and O–H groups in total. The molecular formula is C16H24N2O. The highest BCUT2D eigenvalue weighted by atomic mass is 16.1. The molecule has 3 nitrogen and oxygen atoms in total. The van der Waals surface area contributed by atoms with Crippen LogP contribution < -0.4 is 10.6 Å². The van der Waals surface area contributed by atoms with Gasteiger partial charge in [0.25, 0.3) is 0 Å². The van der Waals surface area contributed by atoms with Crippen LogP contribution in [0, 0.1) is 5.92 Å². The molecule has 1 heterocycles. The highest BCUT2D eigenvalue weighted by Crippen LogP contribution is 2.19. The van der Waals surface area contributed by atoms with Gasteiger partial charge in [-0.25, -0.2) is 0 Å². The van der Waals surface area contributed by atoms with Gasteiger partial charge in [0.1, 0.15) is 0 Å². The summed E-state index contributed by atoms with van der Waals surface area (Å²) in [6.07, 6.45) is 1.70. The first kappa shape index (κ1) is 14.1. The van der Waals surface area contributed by atoms with Gasteiger partial charge >= 0.3 is 0 Å². The lowest BCUT2D eigenvalue weighted by atomic mass is 9.93. The van der Waals surface area contributed by atoms with Gasteiger partial charge in [-0.05, 0) is 30.4 Å². The number of carbonyl (C=O) groups is 1. The van der Waals surface area contributed by atoms with Crippen LogP contribution in [0.5, 0.6) is 0 Å². The molecule has 1 aliphatic rings. The molecule has 1 aromatic rings. The summed E-state index contributed by atoms with van der Waals surface area (Å²) in [5.41, 5.74) is 1.23. The largest absolute Gasteiger partial charge is 0.352 e. The molecule has 1 fully saturated rings. The van der Waals surface area contributed by atoms with Crippen molar-refractivity contribution in [3.05, 3.63) is 35.9 Å². The first-order chi connectivity index (χ1) is 9.16. The fraction of sp³-hybridized carbons (Fsp3) is 0.562. The van der Waals surface area contributed by atoms with Crippen LogP contribution in [0.15, 0.2) is 30.3 Å². The van der Waals surface area contributed by atoms with Gasteiger partial charge in [-0.3, -0.25) is 4.79 Å². The van der Waals surface area contributed by atoms with Gasteiger partial charge in [0.2, 0.25) is 5.91 Å². The predicted octanol–water partition coefficient (Wildman–Crippen LogP) is 2.29. The van der Waals surface area contributed by atoms with Gasteiger partial charge in [0.05, 0.1) is 0 Å². The second-order valence-electron chi connectivity index (χ2n) is 5.66. The monoisotopic (exact) mass is 260 g/mol. The summed E-state index contributed by atoms with van der Waals surface area (Å²) in [7, 11) is 0. The van der Waals surface area contributed by atoms with E-state index in [2.05, 4.69) is 36.6 Å². The normalized spacial score (nSPS) is 24.7. The van der Waals surface area contributed by atoms with E-state index < -0.39 is 0 Å². The third kappa shape index (κ3) is 4.06. The summed E-state index contributed by atoms with van der Waals surface area (Å²) in [4.78, 5) is 12.1. The molecule has 2 rings (SSSR count). The molecule has 0 radical (unpaired) electrons. The van der Waals surface area contributed by atoms with Crippen molar-refractivity contribution in [2.45, 2.75) is 38.6 Å². The van der Waals surface area contributed by atoms with E-state index in [0.29, 0.717) is 12.3 Å². The van der Waals surface area contributed by atoms with Crippen molar-refractivity contribution in [2.24, 2.45) is 5.92 Å². The zero-order valence-corrected chi connectivity index (χ0v) is 11.9. The molecule has 104 valence electrons. The maximum Gasteiger partial charge on any atom is 0.220 e. The van der Waals surface area contributed by atoms with Gasteiger partial charge < -0.3 is 10.6 Å². The lowest BCUT2D eigenvalue weighted by Gasteiger charge is -2.30. The van der Waals surface area contributed by atoms with E-state index in [4.69, 9.17) is 0 Å². The van der Waals surface area contributed by atoms with Crippen molar-refractivity contribution in [3.8, 4) is 0 Å². The van der Waals surface area contributed by atoms with Crippen molar-refractivity contribution >= 4 is 5.91 Å². The van der Waals surface area contributed by atoms with Crippen LogP contribution in [0.1, 0.15) is 38.2 Å². The number of piperidine rings is 1. The summed E-state index contributed by atoms with van der Waals surface area (Å²) in [5.74, 6) is 1.00. The number of carbonyl (C=O) groups excluding carboxylic acids is 1. The van der Waals surface area contributed by atoms with Crippen LogP contribution in [0.4, 0.5) is 0 Å². The van der Waals surface area contributed by atoms with E-state index in [0.717, 1.165) is 19.5 Å². The molecule has 3 atom stereocenters. The lowest BCUT2D eigenvalue weighted by molar-refractivity contribution is -0.122. The molecule has 1 aromatic carbocycles. The molecule has 0 aromatic heterocycles. The van der Waals surface area contributed by atoms with Gasteiger partial charge in [0, 0.05) is 19.0 Å². The first-order valence-corrected chi connectivity index (χ1v) is 7.22. The molecule has 3 heteroatoms. The van der Waals surface area contributed by atoms with E-state index in [1.54, 1.807) is 0 Å². The fourth-order valence-electron chi connectivity index (χ4n) is 2.63. The lowest BCUT2D eigenvalue weighted by Crippen LogP contribution is -2.50. The maximum atomic E-state index is 12.1. The number of hydrogen-bond acceptors (Lipinski definition) is 2. The summed E-state index contributed by atoms with van der Waals surface area (Å²) in [5, 5.41) is 6.51. The van der Waals surface area contributed by atoms with E-state index in [9.17, 15) is 4.79 Å². The van der Waals surface area contributed by atoms with Crippen molar-refractivity contribution in [2.75, 3.05) is 13.1 Å². The molecule has 0 aliphatic carbocycles. The molecule has 0 spiro atoms. The molecule has 1 amide bonds. The SMILES string of the molecule is CC(CC(=O)NC1CNCCC1C)c1ccccc1. The highest BCUT2D eigenvalue weighted by molar-refractivity contribution is 5.77. The Balaban J connectivity index is 1.84. The average Bonchev–Trinajstić information content (AvgIpc) is 2.42. The minimum absolute atomic E-state index is 0.164. The maximum absolute atomic E-state index is 12.1. The van der Waals surface area contributed by atoms with E-state index in [-0.39, 0.29) is 17.9 Å². The third-order valence-electron chi connectivity index (χ3n) is 4.03. The number of hydrogen-bond donors (Lipinski definition) is 2. The number of rotatable bonds is 4. The summed E-state index contributed by atoms with van der Waals surface area (Å²) >= 11 is 0. The zero-order chi connectivity index (χ0) is 13.7. The Kier molecular flexibility index (Phi) is 4.97. The van der Waals surface area contributed by atoms with Gasteiger partial charge in [-0.1, -0.05) is 44.2 Å². The van der Waals surface area contributed by atoms with Crippen LogP contribution in [-0.4, -0.2) is 25.0 Å². The molecule has 1 aliphatic heterocycles. The predicted molar refractivity (Wildman–Crippen MR) is 78.1 cm³/mol. The van der Waals surface area contributed by atoms with Gasteiger partial charge in [0.15, 0.2) is 0 Å². The zero-order valence-electron chi connectivity index (χ0n) is 11.9. The Morgan fingerprint density at radius 2 is 2.16 bits per heavy atom. The van der Waals surface area contributed by atoms with Crippen molar-refractivity contribution in [1.82, 2.24) is 10.6 Å². The number of benzene rings is 1. The molecule has 0 saturated carbocycles. The summed E-state index contributed by atoms with van der Waals surface area (Å²) < 4.78 is 0. The third-order valence-corrected chi connectivity index (χ3v) is 4.03. The second-order valence-corrected chi connectivity index (χ2v) is 5.66. The van der Waals surface area contributed by atoms with Crippen molar-refractivity contribution < 1.29 is 4.79 Å². The van der Waals surface area contributed by atoms with Gasteiger partial charge in [-0.15, -0.1) is 0 Å². The molecule has 1 saturated heterocycles. The number of amides is 1. The van der Waals surface area contributed by atoms with Crippen LogP contribution >= 0.6 is 0 Å². The second kappa shape index (κ2) is 6.71. The van der Waals surface area contributed by atoms with E-state index in [1.165, 1.54) is 5.56 Å². The highest BCUT2D eigenvalue weighted by Gasteiger charge is 2.23. The quantitative estimate of drug-likeness (QED) is 0.872. The topological polar surface area (TPSA) is 41.1 Å². The van der Waals surface area contributed by atoms with E-state index >= 15 is 0 Å². The van der Waals surface area contributed by atoms with Crippen LogP contribution in [0.2, 0.25) is 0 Å². The van der Waals surface area contributed by atoms with Crippen LogP contribution in [-0.2, 0) is 4.79 Å². The Morgan fingerprint density at radius 3 is 2.84 bits per heavy atom. The molecule has 3 unspecified atom stereocenters. The first-order valence-electron chi connectivity index (χ1n) is 7.22. The van der Waals surface area contributed by atoms with Crippen LogP contribution in [0.3, 0.4) is 0 Å². The fourth-order valence-corrected chi connectivity index (χ4v) is 2.63. The van der Waals surface area contributed by atoms with Crippen molar-refractivity contribution in [1.29, 1.82) is 0 Å². The van der Waals surface area contributed by atoms with Gasteiger partial charge in [-0.2, -0.15) is 0 Å². The van der Waals surface area contributed by atoms with Crippen molar-refractivity contribution in [3.63, 3.8) is 0 Å². The number of nitrogens with one attached hydrogen (secondary N) is 2. The average molecular weight is 260 g/mol. The summed E-state index contributed by atoms with van der Waals surface area (Å²) in [6, 6.07) is 10.5. The standard InChI is InChI=1S/C16H24N2O/c1-12-8-9-17-11-15(12)18-16(19)10-13(2)14-6-4-3-5-7-14/h3-7,12-13,15,17H,8-11H2,1-2H3,(H,18,19). The Labute approximate surface area is 115 Å². The molecule has 0 bridgehead atoms. The minimum Gasteiger partial charge on any atom is -0.352 e. The minimum atomic E-state index is 0.164. The molecular weight excluding hydrogens is 236 g/mol. The smallest absolute Gasteiger partial charge is 0.220 e. The van der Waals surface area contributed by atoms with Crippen LogP contribution in [0.25, 0.3) is 0 Å². The van der Waals surface area contributed by atoms with E-state index in [1.807, 2.05) is 18.2 Å². The summed E-state index contributed by atoms with van der Waals surface area (Å²) in [6.45, 7) is 6.28.